The summed E-state index contributed by atoms with van der Waals surface area (Å²) in [6.45, 7) is 4.94. The number of imide groups is 1. The Bertz CT molecular complexity index is 1820. The van der Waals surface area contributed by atoms with Gasteiger partial charge in [0.2, 0.25) is 10.0 Å². The van der Waals surface area contributed by atoms with Gasteiger partial charge in [-0.25, -0.2) is 13.1 Å². The van der Waals surface area contributed by atoms with Crippen molar-refractivity contribution < 1.29 is 27.5 Å². The number of nitrogens with one attached hydrogen (secondary N) is 1. The normalized spacial score (nSPS) is 16.8. The van der Waals surface area contributed by atoms with Crippen LogP contribution in [0.2, 0.25) is 0 Å². The van der Waals surface area contributed by atoms with Crippen LogP contribution in [-0.2, 0) is 10.0 Å². The quantitative estimate of drug-likeness (QED) is 0.225. The molecule has 4 aromatic rings. The Morgan fingerprint density at radius 3 is 2.24 bits per heavy atom. The average molecular weight is 661 g/mol. The summed E-state index contributed by atoms with van der Waals surface area (Å²) in [5.41, 5.74) is 3.11. The molecule has 3 heterocycles. The van der Waals surface area contributed by atoms with Crippen molar-refractivity contribution in [3.8, 4) is 11.5 Å². The van der Waals surface area contributed by atoms with Gasteiger partial charge in [0.05, 0.1) is 37.1 Å². The number of amides is 2. The maximum atomic E-state index is 14.3. The summed E-state index contributed by atoms with van der Waals surface area (Å²) in [5.74, 6) is -0.0837. The molecule has 0 spiro atoms. The maximum absolute atomic E-state index is 14.3. The summed E-state index contributed by atoms with van der Waals surface area (Å²) in [5, 5.41) is 1.67. The summed E-state index contributed by atoms with van der Waals surface area (Å²) < 4.78 is 39.9. The Kier molecular flexibility index (Phi) is 9.14. The van der Waals surface area contributed by atoms with Crippen LogP contribution in [0, 0.1) is 0 Å². The number of anilines is 1. The Balaban J connectivity index is 1.29. The third-order valence-electron chi connectivity index (χ3n) is 8.74. The molecule has 1 aromatic heterocycles. The van der Waals surface area contributed by atoms with Crippen LogP contribution >= 0.6 is 11.3 Å². The van der Waals surface area contributed by atoms with E-state index in [1.165, 1.54) is 30.7 Å². The second kappa shape index (κ2) is 13.2. The van der Waals surface area contributed by atoms with Gasteiger partial charge in [-0.05, 0) is 53.8 Å². The zero-order valence-electron chi connectivity index (χ0n) is 25.9. The van der Waals surface area contributed by atoms with Gasteiger partial charge in [-0.1, -0.05) is 48.5 Å². The molecule has 2 aliphatic rings. The number of carbonyl (C=O) groups excluding carboxylic acids is 2. The van der Waals surface area contributed by atoms with Crippen LogP contribution in [0.15, 0.2) is 88.5 Å². The fourth-order valence-corrected chi connectivity index (χ4v) is 8.29. The lowest BCUT2D eigenvalue weighted by molar-refractivity contribution is 0.0584. The molecule has 1 unspecified atom stereocenters. The lowest BCUT2D eigenvalue weighted by Gasteiger charge is -2.39. The van der Waals surface area contributed by atoms with E-state index in [0.29, 0.717) is 47.0 Å². The molecule has 1 saturated heterocycles. The average Bonchev–Trinajstić information content (AvgIpc) is 3.73. The van der Waals surface area contributed by atoms with E-state index in [1.54, 1.807) is 41.8 Å². The largest absolute Gasteiger partial charge is 0.493 e. The minimum Gasteiger partial charge on any atom is -0.493 e. The number of hydrogen-bond donors (Lipinski definition) is 1. The Hall–Kier alpha value is -4.23. The van der Waals surface area contributed by atoms with E-state index in [2.05, 4.69) is 33.6 Å². The molecular weight excluding hydrogens is 625 g/mol. The van der Waals surface area contributed by atoms with Gasteiger partial charge < -0.3 is 14.4 Å². The van der Waals surface area contributed by atoms with E-state index in [-0.39, 0.29) is 16.8 Å². The van der Waals surface area contributed by atoms with E-state index in [9.17, 15) is 18.0 Å². The van der Waals surface area contributed by atoms with Crippen molar-refractivity contribution in [1.82, 2.24) is 14.5 Å². The molecule has 2 aliphatic heterocycles. The number of thiophene rings is 1. The summed E-state index contributed by atoms with van der Waals surface area (Å²) in [6, 6.07) is 23.2. The van der Waals surface area contributed by atoms with E-state index in [1.807, 2.05) is 24.3 Å². The second-order valence-corrected chi connectivity index (χ2v) is 14.1. The van der Waals surface area contributed by atoms with Crippen molar-refractivity contribution in [1.29, 1.82) is 0 Å². The fourth-order valence-electron chi connectivity index (χ4n) is 6.22. The predicted octanol–water partition coefficient (Wildman–Crippen LogP) is 4.96. The number of rotatable bonds is 11. The Labute approximate surface area is 273 Å². The van der Waals surface area contributed by atoms with Crippen LogP contribution in [0.1, 0.15) is 50.9 Å². The topological polar surface area (TPSA) is 108 Å². The molecule has 10 nitrogen and oxygen atoms in total. The Morgan fingerprint density at radius 2 is 1.57 bits per heavy atom. The van der Waals surface area contributed by atoms with Crippen molar-refractivity contribution in [2.45, 2.75) is 23.2 Å². The van der Waals surface area contributed by atoms with Gasteiger partial charge in [0.1, 0.15) is 4.21 Å². The number of sulfonamides is 1. The molecule has 240 valence electrons. The number of hydrogen-bond acceptors (Lipinski definition) is 9. The minimum absolute atomic E-state index is 0.143. The molecule has 3 aromatic carbocycles. The Morgan fingerprint density at radius 1 is 0.826 bits per heavy atom. The molecule has 46 heavy (non-hydrogen) atoms. The molecule has 6 rings (SSSR count). The van der Waals surface area contributed by atoms with Crippen LogP contribution in [-0.4, -0.2) is 77.0 Å². The first-order valence-electron chi connectivity index (χ1n) is 15.0. The summed E-state index contributed by atoms with van der Waals surface area (Å²) in [4.78, 5) is 34.1. The lowest BCUT2D eigenvalue weighted by Crippen LogP contribution is -2.47. The van der Waals surface area contributed by atoms with E-state index in [4.69, 9.17) is 9.47 Å². The third-order valence-corrected chi connectivity index (χ3v) is 11.6. The number of ether oxygens (including phenoxy) is 2. The van der Waals surface area contributed by atoms with E-state index >= 15 is 0 Å². The second-order valence-electron chi connectivity index (χ2n) is 11.2. The van der Waals surface area contributed by atoms with Crippen molar-refractivity contribution in [3.63, 3.8) is 0 Å². The molecule has 0 radical (unpaired) electrons. The van der Waals surface area contributed by atoms with Gasteiger partial charge in [0.25, 0.3) is 11.8 Å². The SMILES string of the molecule is COc1ccc(C(CNS(=O)(=O)c2cccs2)N2C(=O)c3cccc(N4CCN([C@H](C)c5ccccc5)CC4)c3C2=O)cc1OC. The number of nitrogens with zero attached hydrogens (tertiary/aromatic N) is 3. The van der Waals surface area contributed by atoms with Crippen LogP contribution in [0.25, 0.3) is 0 Å². The molecule has 0 saturated carbocycles. The summed E-state index contributed by atoms with van der Waals surface area (Å²) in [7, 11) is -0.885. The third kappa shape index (κ3) is 6.01. The van der Waals surface area contributed by atoms with Gasteiger partial charge in [0.15, 0.2) is 11.5 Å². The van der Waals surface area contributed by atoms with E-state index < -0.39 is 27.9 Å². The molecule has 0 aliphatic carbocycles. The monoisotopic (exact) mass is 660 g/mol. The van der Waals surface area contributed by atoms with Gasteiger partial charge in [-0.15, -0.1) is 11.3 Å². The number of fused-ring (bicyclic) bond motifs is 1. The zero-order chi connectivity index (χ0) is 32.4. The van der Waals surface area contributed by atoms with Gasteiger partial charge in [-0.2, -0.15) is 0 Å². The number of benzene rings is 3. The van der Waals surface area contributed by atoms with Crippen LogP contribution in [0.5, 0.6) is 11.5 Å². The van der Waals surface area contributed by atoms with Crippen LogP contribution in [0.4, 0.5) is 5.69 Å². The van der Waals surface area contributed by atoms with Gasteiger partial charge in [-0.3, -0.25) is 19.4 Å². The smallest absolute Gasteiger partial charge is 0.264 e. The number of carbonyl (C=O) groups is 2. The lowest BCUT2D eigenvalue weighted by atomic mass is 10.0. The minimum atomic E-state index is -3.89. The predicted molar refractivity (Wildman–Crippen MR) is 177 cm³/mol. The first-order valence-corrected chi connectivity index (χ1v) is 17.4. The summed E-state index contributed by atoms with van der Waals surface area (Å²) >= 11 is 1.09. The molecule has 1 fully saturated rings. The standard InChI is InChI=1S/C34H36N4O6S2/c1-23(24-9-5-4-6-10-24)36-16-18-37(19-17-36)27-12-7-11-26-32(27)34(40)38(33(26)39)28(22-35-46(41,42)31-13-8-20-45-31)25-14-15-29(43-2)30(21-25)44-3/h4-15,20-21,23,28,35H,16-19,22H2,1-3H3/t23-,28?/m1/s1. The van der Waals surface area contributed by atoms with Crippen molar-refractivity contribution >= 4 is 38.9 Å². The van der Waals surface area contributed by atoms with E-state index in [0.717, 1.165) is 24.4 Å². The van der Waals surface area contributed by atoms with Crippen molar-refractivity contribution in [2.75, 3.05) is 51.8 Å². The zero-order valence-corrected chi connectivity index (χ0v) is 27.5. The van der Waals surface area contributed by atoms with Crippen LogP contribution in [0.3, 0.4) is 0 Å². The molecule has 2 atom stereocenters. The first-order chi connectivity index (χ1) is 22.2. The number of piperazine rings is 1. The molecular formula is C34H36N4O6S2. The molecule has 0 bridgehead atoms. The highest BCUT2D eigenvalue weighted by molar-refractivity contribution is 7.91. The van der Waals surface area contributed by atoms with Gasteiger partial charge >= 0.3 is 0 Å². The first kappa shape index (κ1) is 31.7. The highest BCUT2D eigenvalue weighted by Gasteiger charge is 2.43. The number of methoxy groups -OCH3 is 2. The fraction of sp³-hybridized carbons (Fsp3) is 0.294. The summed E-state index contributed by atoms with van der Waals surface area (Å²) in [6.07, 6.45) is 0. The van der Waals surface area contributed by atoms with Crippen LogP contribution < -0.4 is 19.1 Å². The van der Waals surface area contributed by atoms with Crippen molar-refractivity contribution in [3.05, 3.63) is 106 Å². The highest BCUT2D eigenvalue weighted by atomic mass is 32.2. The maximum Gasteiger partial charge on any atom is 0.264 e. The van der Waals surface area contributed by atoms with Gasteiger partial charge in [0, 0.05) is 38.8 Å². The molecule has 2 amide bonds. The molecule has 1 N–H and O–H groups in total. The highest BCUT2D eigenvalue weighted by Crippen LogP contribution is 2.39. The molecule has 12 heteroatoms. The van der Waals surface area contributed by atoms with Crippen molar-refractivity contribution in [2.24, 2.45) is 0 Å².